The second-order valence-electron chi connectivity index (χ2n) is 7.91. The minimum Gasteiger partial charge on any atom is -0.497 e. The predicted molar refractivity (Wildman–Crippen MR) is 110 cm³/mol. The molecule has 0 saturated carbocycles. The topological polar surface area (TPSA) is 138 Å². The number of fused-ring (bicyclic) bond motifs is 2. The number of hydrogen-bond donors (Lipinski definition) is 3. The minimum atomic E-state index is -1.16. The number of ether oxygens (including phenoxy) is 3. The van der Waals surface area contributed by atoms with E-state index in [0.29, 0.717) is 11.2 Å². The van der Waals surface area contributed by atoms with Gasteiger partial charge in [0.2, 0.25) is 0 Å². The zero-order valence-corrected chi connectivity index (χ0v) is 17.1. The van der Waals surface area contributed by atoms with Gasteiger partial charge in [0.05, 0.1) is 26.1 Å². The fourth-order valence-corrected chi connectivity index (χ4v) is 4.41. The Morgan fingerprint density at radius 2 is 2.10 bits per heavy atom. The number of nitrogens with two attached hydrogens (primary N) is 1. The van der Waals surface area contributed by atoms with E-state index >= 15 is 0 Å². The summed E-state index contributed by atoms with van der Waals surface area (Å²) in [5.41, 5.74) is 9.03. The lowest BCUT2D eigenvalue weighted by Gasteiger charge is -2.27. The normalized spacial score (nSPS) is 28.0. The van der Waals surface area contributed by atoms with Gasteiger partial charge in [0, 0.05) is 0 Å². The molecule has 3 aromatic rings. The number of benzene rings is 1. The van der Waals surface area contributed by atoms with Gasteiger partial charge in [0.15, 0.2) is 17.7 Å². The van der Waals surface area contributed by atoms with Crippen molar-refractivity contribution in [3.63, 3.8) is 0 Å². The van der Waals surface area contributed by atoms with Crippen LogP contribution in [0.25, 0.3) is 11.2 Å². The second kappa shape index (κ2) is 8.04. The van der Waals surface area contributed by atoms with Crippen LogP contribution < -0.4 is 10.5 Å². The van der Waals surface area contributed by atoms with Crippen molar-refractivity contribution in [3.8, 4) is 5.75 Å². The summed E-state index contributed by atoms with van der Waals surface area (Å²) >= 11 is 0. The molecule has 1 aromatic carbocycles. The van der Waals surface area contributed by atoms with Crippen LogP contribution >= 0.6 is 0 Å². The number of hydrogen-bond acceptors (Lipinski definition) is 9. The number of rotatable bonds is 5. The maximum Gasteiger partial charge on any atom is 0.167 e. The van der Waals surface area contributed by atoms with Crippen molar-refractivity contribution in [2.75, 3.05) is 19.5 Å². The van der Waals surface area contributed by atoms with E-state index in [-0.39, 0.29) is 18.5 Å². The SMILES string of the molecule is COc1ccc2c(c1)CCCC2OC[C@H]1O[C@@H](n2cnc3c(N)ncnc32)[C@H](O)[C@@H]1O. The van der Waals surface area contributed by atoms with Gasteiger partial charge in [-0.3, -0.25) is 4.57 Å². The molecule has 1 unspecified atom stereocenters. The number of imidazole rings is 1. The lowest BCUT2D eigenvalue weighted by atomic mass is 9.89. The lowest BCUT2D eigenvalue weighted by molar-refractivity contribution is -0.0842. The number of nitrogen functional groups attached to an aromatic ring is 1. The molecule has 2 aliphatic rings. The van der Waals surface area contributed by atoms with Crippen LogP contribution in [0.15, 0.2) is 30.9 Å². The number of aliphatic hydroxyl groups excluding tert-OH is 2. The van der Waals surface area contributed by atoms with Crippen molar-refractivity contribution in [2.24, 2.45) is 0 Å². The number of methoxy groups -OCH3 is 1. The highest BCUT2D eigenvalue weighted by Gasteiger charge is 2.44. The highest BCUT2D eigenvalue weighted by molar-refractivity contribution is 5.81. The molecule has 3 heterocycles. The average Bonchev–Trinajstić information content (AvgIpc) is 3.34. The Kier molecular flexibility index (Phi) is 5.22. The molecule has 5 rings (SSSR count). The molecular weight excluding hydrogens is 402 g/mol. The smallest absolute Gasteiger partial charge is 0.167 e. The van der Waals surface area contributed by atoms with Gasteiger partial charge >= 0.3 is 0 Å². The third kappa shape index (κ3) is 3.51. The predicted octanol–water partition coefficient (Wildman–Crippen LogP) is 1.13. The Hall–Kier alpha value is -2.79. The lowest BCUT2D eigenvalue weighted by Crippen LogP contribution is -2.34. The molecule has 10 nitrogen and oxygen atoms in total. The van der Waals surface area contributed by atoms with E-state index in [1.54, 1.807) is 11.7 Å². The van der Waals surface area contributed by atoms with Crippen molar-refractivity contribution in [3.05, 3.63) is 42.0 Å². The van der Waals surface area contributed by atoms with Crippen LogP contribution in [0.4, 0.5) is 5.82 Å². The van der Waals surface area contributed by atoms with E-state index in [9.17, 15) is 10.2 Å². The summed E-state index contributed by atoms with van der Waals surface area (Å²) in [7, 11) is 1.66. The van der Waals surface area contributed by atoms with Crippen LogP contribution in [0.3, 0.4) is 0 Å². The fraction of sp³-hybridized carbons (Fsp3) is 0.476. The van der Waals surface area contributed by atoms with Crippen LogP contribution in [0.5, 0.6) is 5.75 Å². The molecule has 10 heteroatoms. The van der Waals surface area contributed by atoms with Gasteiger partial charge in [0.1, 0.15) is 35.9 Å². The average molecular weight is 427 g/mol. The number of aliphatic hydroxyl groups is 2. The van der Waals surface area contributed by atoms with Crippen LogP contribution in [0.1, 0.15) is 36.3 Å². The van der Waals surface area contributed by atoms with Gasteiger partial charge in [-0.25, -0.2) is 15.0 Å². The summed E-state index contributed by atoms with van der Waals surface area (Å²) < 4.78 is 19.0. The van der Waals surface area contributed by atoms with Gasteiger partial charge in [-0.05, 0) is 42.5 Å². The van der Waals surface area contributed by atoms with E-state index in [1.165, 1.54) is 18.2 Å². The quantitative estimate of drug-likeness (QED) is 0.547. The molecule has 4 N–H and O–H groups in total. The minimum absolute atomic E-state index is 0.0942. The summed E-state index contributed by atoms with van der Waals surface area (Å²) in [6, 6.07) is 6.01. The fourth-order valence-electron chi connectivity index (χ4n) is 4.41. The monoisotopic (exact) mass is 427 g/mol. The van der Waals surface area contributed by atoms with E-state index < -0.39 is 24.5 Å². The number of anilines is 1. The molecule has 0 spiro atoms. The molecule has 1 fully saturated rings. The third-order valence-corrected chi connectivity index (χ3v) is 6.07. The maximum absolute atomic E-state index is 10.6. The van der Waals surface area contributed by atoms with E-state index in [2.05, 4.69) is 15.0 Å². The molecule has 0 amide bonds. The first kappa shape index (κ1) is 20.1. The van der Waals surface area contributed by atoms with Crippen LogP contribution in [-0.2, 0) is 15.9 Å². The molecule has 0 radical (unpaired) electrons. The van der Waals surface area contributed by atoms with Crippen LogP contribution in [0.2, 0.25) is 0 Å². The van der Waals surface area contributed by atoms with Gasteiger partial charge in [-0.15, -0.1) is 0 Å². The summed E-state index contributed by atoms with van der Waals surface area (Å²) in [6.45, 7) is 0.147. The van der Waals surface area contributed by atoms with Gasteiger partial charge in [0.25, 0.3) is 0 Å². The largest absolute Gasteiger partial charge is 0.497 e. The zero-order valence-electron chi connectivity index (χ0n) is 17.1. The first-order valence-corrected chi connectivity index (χ1v) is 10.3. The van der Waals surface area contributed by atoms with Crippen molar-refractivity contribution >= 4 is 17.0 Å². The Bertz CT molecular complexity index is 1090. The standard InChI is InChI=1S/C21H25N5O5/c1-29-12-5-6-13-11(7-12)3-2-4-14(13)30-8-15-17(27)18(28)21(31-15)26-10-25-16-19(22)23-9-24-20(16)26/h5-7,9-10,14-15,17-18,21,27-28H,2-4,8H2,1H3,(H2,22,23,24)/t14?,15-,17-,18-,21-/m1/s1. The summed E-state index contributed by atoms with van der Waals surface area (Å²) in [6.07, 6.45) is 1.76. The molecule has 1 saturated heterocycles. The molecule has 164 valence electrons. The van der Waals surface area contributed by atoms with Crippen molar-refractivity contribution in [1.29, 1.82) is 0 Å². The second-order valence-corrected chi connectivity index (χ2v) is 7.91. The molecular formula is C21H25N5O5. The van der Waals surface area contributed by atoms with Crippen LogP contribution in [0, 0.1) is 0 Å². The van der Waals surface area contributed by atoms with E-state index in [4.69, 9.17) is 19.9 Å². The summed E-state index contributed by atoms with van der Waals surface area (Å²) in [5, 5.41) is 21.2. The van der Waals surface area contributed by atoms with Crippen molar-refractivity contribution < 1.29 is 24.4 Å². The Labute approximate surface area is 178 Å². The Morgan fingerprint density at radius 3 is 2.94 bits per heavy atom. The summed E-state index contributed by atoms with van der Waals surface area (Å²) in [4.78, 5) is 12.3. The molecule has 2 aromatic heterocycles. The number of aromatic nitrogens is 4. The Balaban J connectivity index is 1.31. The van der Waals surface area contributed by atoms with Crippen molar-refractivity contribution in [2.45, 2.75) is 49.9 Å². The van der Waals surface area contributed by atoms with Gasteiger partial charge in [-0.1, -0.05) is 6.07 Å². The molecule has 31 heavy (non-hydrogen) atoms. The van der Waals surface area contributed by atoms with Gasteiger partial charge < -0.3 is 30.2 Å². The molecule has 1 aliphatic heterocycles. The number of aryl methyl sites for hydroxylation is 1. The first-order valence-electron chi connectivity index (χ1n) is 10.3. The molecule has 5 atom stereocenters. The van der Waals surface area contributed by atoms with Gasteiger partial charge in [-0.2, -0.15) is 0 Å². The highest BCUT2D eigenvalue weighted by Crippen LogP contribution is 2.37. The van der Waals surface area contributed by atoms with Crippen molar-refractivity contribution in [1.82, 2.24) is 19.5 Å². The van der Waals surface area contributed by atoms with Crippen LogP contribution in [-0.4, -0.2) is 61.8 Å². The number of nitrogens with zero attached hydrogens (tertiary/aromatic N) is 4. The highest BCUT2D eigenvalue weighted by atomic mass is 16.6. The zero-order chi connectivity index (χ0) is 21.5. The maximum atomic E-state index is 10.6. The third-order valence-electron chi connectivity index (χ3n) is 6.07. The molecule has 0 bridgehead atoms. The first-order chi connectivity index (χ1) is 15.1. The molecule has 1 aliphatic carbocycles. The van der Waals surface area contributed by atoms with E-state index in [0.717, 1.165) is 30.6 Å². The Morgan fingerprint density at radius 1 is 1.23 bits per heavy atom. The van der Waals surface area contributed by atoms with E-state index in [1.807, 2.05) is 18.2 Å². The summed E-state index contributed by atoms with van der Waals surface area (Å²) in [5.74, 6) is 1.07.